The van der Waals surface area contributed by atoms with Gasteiger partial charge in [-0.25, -0.2) is 18.7 Å². The highest BCUT2D eigenvalue weighted by molar-refractivity contribution is 8.15. The number of amides is 1. The first-order valence-electron chi connectivity index (χ1n) is 9.28. The lowest BCUT2D eigenvalue weighted by Crippen LogP contribution is -2.38. The molecule has 30 heavy (non-hydrogen) atoms. The van der Waals surface area contributed by atoms with Gasteiger partial charge in [0.15, 0.2) is 5.17 Å². The Labute approximate surface area is 177 Å². The SMILES string of the molecule is CC1(C)CC(C)(c2cc(NC(=O)c3cnc(OCCF)cn3)ccc2F)N=C(N)S1. The summed E-state index contributed by atoms with van der Waals surface area (Å²) in [5.74, 6) is -0.830. The predicted molar refractivity (Wildman–Crippen MR) is 113 cm³/mol. The van der Waals surface area contributed by atoms with Gasteiger partial charge in [0.25, 0.3) is 5.91 Å². The monoisotopic (exact) mass is 435 g/mol. The number of thioether (sulfide) groups is 1. The van der Waals surface area contributed by atoms with Crippen LogP contribution in [0.4, 0.5) is 14.5 Å². The second-order valence-electron chi connectivity index (χ2n) is 7.69. The number of ether oxygens (including phenoxy) is 1. The zero-order valence-electron chi connectivity index (χ0n) is 16.9. The van der Waals surface area contributed by atoms with Crippen LogP contribution in [-0.2, 0) is 5.54 Å². The fraction of sp³-hybridized carbons (Fsp3) is 0.400. The van der Waals surface area contributed by atoms with E-state index in [1.807, 2.05) is 20.8 Å². The van der Waals surface area contributed by atoms with Crippen molar-refractivity contribution >= 4 is 28.5 Å². The molecule has 1 aromatic heterocycles. The number of aromatic nitrogens is 2. The van der Waals surface area contributed by atoms with Crippen molar-refractivity contribution in [1.29, 1.82) is 0 Å². The van der Waals surface area contributed by atoms with Crippen molar-refractivity contribution in [3.8, 4) is 5.88 Å². The molecule has 160 valence electrons. The van der Waals surface area contributed by atoms with Crippen LogP contribution in [-0.4, -0.2) is 39.1 Å². The molecule has 0 spiro atoms. The number of nitrogens with zero attached hydrogens (tertiary/aromatic N) is 3. The van der Waals surface area contributed by atoms with Gasteiger partial charge in [-0.05, 0) is 31.5 Å². The first-order chi connectivity index (χ1) is 14.1. The molecule has 1 atom stereocenters. The van der Waals surface area contributed by atoms with Gasteiger partial charge in [-0.1, -0.05) is 25.6 Å². The van der Waals surface area contributed by atoms with E-state index in [-0.39, 0.29) is 22.9 Å². The van der Waals surface area contributed by atoms with Gasteiger partial charge in [-0.15, -0.1) is 0 Å². The van der Waals surface area contributed by atoms with Gasteiger partial charge in [0.05, 0.1) is 17.9 Å². The van der Waals surface area contributed by atoms with E-state index in [1.54, 1.807) is 6.07 Å². The Morgan fingerprint density at radius 1 is 1.30 bits per heavy atom. The fourth-order valence-corrected chi connectivity index (χ4v) is 4.64. The average Bonchev–Trinajstić information content (AvgIpc) is 2.66. The second-order valence-corrected chi connectivity index (χ2v) is 9.42. The van der Waals surface area contributed by atoms with E-state index >= 15 is 0 Å². The lowest BCUT2D eigenvalue weighted by Gasteiger charge is -2.39. The van der Waals surface area contributed by atoms with Crippen molar-refractivity contribution in [3.63, 3.8) is 0 Å². The summed E-state index contributed by atoms with van der Waals surface area (Å²) < 4.78 is 31.6. The van der Waals surface area contributed by atoms with Crippen LogP contribution in [0.25, 0.3) is 0 Å². The van der Waals surface area contributed by atoms with E-state index in [1.165, 1.54) is 36.3 Å². The van der Waals surface area contributed by atoms with E-state index in [4.69, 9.17) is 10.5 Å². The van der Waals surface area contributed by atoms with E-state index in [2.05, 4.69) is 20.3 Å². The van der Waals surface area contributed by atoms with Crippen LogP contribution in [0.1, 0.15) is 43.2 Å². The van der Waals surface area contributed by atoms with Gasteiger partial charge in [0.1, 0.15) is 24.8 Å². The predicted octanol–water partition coefficient (Wildman–Crippen LogP) is 3.66. The van der Waals surface area contributed by atoms with Crippen molar-refractivity contribution in [1.82, 2.24) is 9.97 Å². The second kappa shape index (κ2) is 8.55. The summed E-state index contributed by atoms with van der Waals surface area (Å²) in [5, 5.41) is 3.08. The number of nitrogens with two attached hydrogens (primary N) is 1. The molecule has 0 radical (unpaired) electrons. The molecule has 2 aromatic rings. The third-order valence-corrected chi connectivity index (χ3v) is 5.50. The van der Waals surface area contributed by atoms with Crippen molar-refractivity contribution in [2.24, 2.45) is 10.7 Å². The van der Waals surface area contributed by atoms with E-state index in [0.717, 1.165) is 0 Å². The van der Waals surface area contributed by atoms with Gasteiger partial charge in [-0.2, -0.15) is 0 Å². The molecule has 1 amide bonds. The molecule has 0 bridgehead atoms. The Kier molecular flexibility index (Phi) is 6.25. The van der Waals surface area contributed by atoms with Crippen molar-refractivity contribution in [2.45, 2.75) is 37.5 Å². The molecule has 1 aliphatic rings. The maximum Gasteiger partial charge on any atom is 0.275 e. The molecule has 1 unspecified atom stereocenters. The third-order valence-electron chi connectivity index (χ3n) is 4.50. The van der Waals surface area contributed by atoms with E-state index < -0.39 is 23.9 Å². The average molecular weight is 436 g/mol. The number of benzene rings is 1. The van der Waals surface area contributed by atoms with Crippen LogP contribution in [0, 0.1) is 5.82 Å². The Morgan fingerprint density at radius 2 is 2.07 bits per heavy atom. The number of hydrogen-bond donors (Lipinski definition) is 2. The van der Waals surface area contributed by atoms with Crippen molar-refractivity contribution < 1.29 is 18.3 Å². The number of aliphatic imine (C=N–C) groups is 1. The number of halogens is 2. The zero-order valence-corrected chi connectivity index (χ0v) is 17.7. The summed E-state index contributed by atoms with van der Waals surface area (Å²) in [5.41, 5.74) is 5.90. The number of hydrogen-bond acceptors (Lipinski definition) is 7. The molecular formula is C20H23F2N5O2S. The topological polar surface area (TPSA) is 102 Å². The zero-order chi connectivity index (χ0) is 21.9. The molecule has 2 heterocycles. The highest BCUT2D eigenvalue weighted by Crippen LogP contribution is 2.45. The number of anilines is 1. The summed E-state index contributed by atoms with van der Waals surface area (Å²) in [6.45, 7) is 5.09. The highest BCUT2D eigenvalue weighted by atomic mass is 32.2. The van der Waals surface area contributed by atoms with Gasteiger partial charge in [-0.3, -0.25) is 9.79 Å². The van der Waals surface area contributed by atoms with Crippen LogP contribution in [0.15, 0.2) is 35.6 Å². The molecule has 0 fully saturated rings. The van der Waals surface area contributed by atoms with E-state index in [0.29, 0.717) is 22.8 Å². The maximum atomic E-state index is 14.7. The van der Waals surface area contributed by atoms with Crippen LogP contribution in [0.5, 0.6) is 5.88 Å². The first kappa shape index (κ1) is 21.9. The minimum Gasteiger partial charge on any atom is -0.474 e. The van der Waals surface area contributed by atoms with Gasteiger partial charge >= 0.3 is 0 Å². The number of nitrogens with one attached hydrogen (secondary N) is 1. The Balaban J connectivity index is 1.82. The van der Waals surface area contributed by atoms with Gasteiger partial charge in [0.2, 0.25) is 5.88 Å². The summed E-state index contributed by atoms with van der Waals surface area (Å²) in [6.07, 6.45) is 3.03. The minimum atomic E-state index is -0.862. The Bertz CT molecular complexity index is 968. The van der Waals surface area contributed by atoms with Crippen molar-refractivity contribution in [2.75, 3.05) is 18.6 Å². The number of amidine groups is 1. The Hall–Kier alpha value is -2.75. The number of carbonyl (C=O) groups excluding carboxylic acids is 1. The van der Waals surface area contributed by atoms with Gasteiger partial charge < -0.3 is 15.8 Å². The fourth-order valence-electron chi connectivity index (χ4n) is 3.47. The summed E-state index contributed by atoms with van der Waals surface area (Å²) in [7, 11) is 0. The van der Waals surface area contributed by atoms with Gasteiger partial charge in [0, 0.05) is 16.0 Å². The molecule has 1 aliphatic heterocycles. The molecule has 0 aliphatic carbocycles. The summed E-state index contributed by atoms with van der Waals surface area (Å²) in [4.78, 5) is 24.9. The molecule has 1 aromatic carbocycles. The molecular weight excluding hydrogens is 412 g/mol. The molecule has 0 saturated heterocycles. The lowest BCUT2D eigenvalue weighted by atomic mass is 9.83. The first-order valence-corrected chi connectivity index (χ1v) is 10.1. The van der Waals surface area contributed by atoms with Crippen LogP contribution < -0.4 is 15.8 Å². The standard InChI is InChI=1S/C20H23F2N5O2S/c1-19(2)11-20(3,27-18(23)30-19)13-8-12(4-5-14(13)22)26-17(28)15-9-25-16(10-24-15)29-7-6-21/h4-5,8-10H,6-7,11H2,1-3H3,(H2,23,27)(H,26,28). The van der Waals surface area contributed by atoms with Crippen LogP contribution in [0.3, 0.4) is 0 Å². The van der Waals surface area contributed by atoms with Crippen molar-refractivity contribution in [3.05, 3.63) is 47.7 Å². The molecule has 10 heteroatoms. The number of carbonyl (C=O) groups is 1. The summed E-state index contributed by atoms with van der Waals surface area (Å²) in [6, 6.07) is 4.31. The number of rotatable bonds is 6. The number of alkyl halides is 1. The van der Waals surface area contributed by atoms with Crippen LogP contribution in [0.2, 0.25) is 0 Å². The molecule has 0 saturated carbocycles. The van der Waals surface area contributed by atoms with E-state index in [9.17, 15) is 13.6 Å². The van der Waals surface area contributed by atoms with Crippen LogP contribution >= 0.6 is 11.8 Å². The molecule has 3 N–H and O–H groups in total. The smallest absolute Gasteiger partial charge is 0.275 e. The normalized spacial score (nSPS) is 20.4. The quantitative estimate of drug-likeness (QED) is 0.718. The summed E-state index contributed by atoms with van der Waals surface area (Å²) >= 11 is 1.45. The minimum absolute atomic E-state index is 0.0390. The highest BCUT2D eigenvalue weighted by Gasteiger charge is 2.40. The third kappa shape index (κ3) is 5.05. The largest absolute Gasteiger partial charge is 0.474 e. The lowest BCUT2D eigenvalue weighted by molar-refractivity contribution is 0.102. The Morgan fingerprint density at radius 3 is 2.70 bits per heavy atom. The maximum absolute atomic E-state index is 14.7. The molecule has 3 rings (SSSR count). The molecule has 7 nitrogen and oxygen atoms in total.